The fraction of sp³-hybridized carbons (Fsp3) is 0.375. The molecule has 0 bridgehead atoms. The lowest BCUT2D eigenvalue weighted by Gasteiger charge is -2.14. The van der Waals surface area contributed by atoms with Gasteiger partial charge in [0.05, 0.1) is 23.0 Å². The highest BCUT2D eigenvalue weighted by Gasteiger charge is 2.28. The molecule has 0 aromatic carbocycles. The normalized spacial score (nSPS) is 14.4. The van der Waals surface area contributed by atoms with Gasteiger partial charge in [0.25, 0.3) is 5.69 Å². The van der Waals surface area contributed by atoms with Crippen molar-refractivity contribution in [2.75, 3.05) is 5.88 Å². The monoisotopic (exact) mass is 248 g/mol. The van der Waals surface area contributed by atoms with Crippen molar-refractivity contribution in [3.8, 4) is 0 Å². The van der Waals surface area contributed by atoms with Gasteiger partial charge in [-0.05, 0) is 0 Å². The highest BCUT2D eigenvalue weighted by Crippen LogP contribution is 2.25. The summed E-state index contributed by atoms with van der Waals surface area (Å²) < 4.78 is 0.298. The van der Waals surface area contributed by atoms with Gasteiger partial charge in [0, 0.05) is 0 Å². The van der Waals surface area contributed by atoms with Crippen molar-refractivity contribution in [3.05, 3.63) is 39.3 Å². The van der Waals surface area contributed by atoms with E-state index in [1.54, 1.807) is 0 Å². The first kappa shape index (κ1) is 12.6. The topological polar surface area (TPSA) is 111 Å². The smallest absolute Gasteiger partial charge is 0.287 e. The molecule has 2 unspecified atom stereocenters. The van der Waals surface area contributed by atoms with Crippen molar-refractivity contribution in [2.45, 2.75) is 12.2 Å². The van der Waals surface area contributed by atoms with Gasteiger partial charge in [-0.1, -0.05) is 0 Å². The number of halogens is 1. The summed E-state index contributed by atoms with van der Waals surface area (Å²) in [4.78, 5) is 9.87. The van der Waals surface area contributed by atoms with Gasteiger partial charge in [0.15, 0.2) is 12.4 Å². The maximum absolute atomic E-state index is 10.9. The van der Waals surface area contributed by atoms with E-state index in [1.165, 1.54) is 0 Å². The molecule has 1 heterocycles. The molecule has 1 aromatic rings. The Balaban J connectivity index is 3.19. The third-order valence-electron chi connectivity index (χ3n) is 1.98. The molecule has 0 fully saturated rings. The van der Waals surface area contributed by atoms with Gasteiger partial charge in [-0.2, -0.15) is 4.73 Å². The maximum Gasteiger partial charge on any atom is 0.287 e. The first-order valence-corrected chi connectivity index (χ1v) is 4.80. The molecule has 0 spiro atoms. The Hall–Kier alpha value is -1.44. The van der Waals surface area contributed by atoms with E-state index in [2.05, 4.69) is 0 Å². The Kier molecular flexibility index (Phi) is 3.99. The van der Waals surface area contributed by atoms with Crippen LogP contribution >= 0.6 is 11.6 Å². The molecule has 7 nitrogen and oxygen atoms in total. The van der Waals surface area contributed by atoms with Crippen LogP contribution in [0.1, 0.15) is 11.7 Å². The van der Waals surface area contributed by atoms with E-state index in [1.807, 2.05) is 0 Å². The van der Waals surface area contributed by atoms with Crippen molar-refractivity contribution >= 4 is 17.3 Å². The van der Waals surface area contributed by atoms with Gasteiger partial charge >= 0.3 is 0 Å². The van der Waals surface area contributed by atoms with Gasteiger partial charge in [0.1, 0.15) is 11.7 Å². The van der Waals surface area contributed by atoms with E-state index in [0.29, 0.717) is 4.73 Å². The summed E-state index contributed by atoms with van der Waals surface area (Å²) in [6.45, 7) is 0. The minimum atomic E-state index is -1.57. The van der Waals surface area contributed by atoms with E-state index in [0.717, 1.165) is 18.5 Å². The summed E-state index contributed by atoms with van der Waals surface area (Å²) in [5.74, 6) is -0.300. The second-order valence-electron chi connectivity index (χ2n) is 3.07. The predicted octanol–water partition coefficient (Wildman–Crippen LogP) is -0.139. The zero-order chi connectivity index (χ0) is 12.3. The van der Waals surface area contributed by atoms with E-state index in [-0.39, 0.29) is 11.4 Å². The average Bonchev–Trinajstić information content (AvgIpc) is 2.26. The zero-order valence-corrected chi connectivity index (χ0v) is 8.74. The summed E-state index contributed by atoms with van der Waals surface area (Å²) in [7, 11) is 0. The molecule has 1 aromatic heterocycles. The van der Waals surface area contributed by atoms with Gasteiger partial charge in [-0.25, -0.2) is 0 Å². The van der Waals surface area contributed by atoms with Crippen LogP contribution in [0.5, 0.6) is 0 Å². The van der Waals surface area contributed by atoms with Crippen molar-refractivity contribution in [1.29, 1.82) is 0 Å². The fourth-order valence-electron chi connectivity index (χ4n) is 1.17. The van der Waals surface area contributed by atoms with Crippen molar-refractivity contribution in [1.82, 2.24) is 0 Å². The Bertz CT molecular complexity index is 400. The molecule has 88 valence electrons. The molecule has 0 radical (unpaired) electrons. The van der Waals surface area contributed by atoms with Gasteiger partial charge in [0.2, 0.25) is 0 Å². The van der Waals surface area contributed by atoms with Gasteiger partial charge in [-0.3, -0.25) is 10.1 Å². The molecule has 0 aliphatic carbocycles. The fourth-order valence-corrected chi connectivity index (χ4v) is 1.34. The van der Waals surface area contributed by atoms with Crippen LogP contribution in [0.25, 0.3) is 0 Å². The molecule has 8 heteroatoms. The Labute approximate surface area is 95.2 Å². The van der Waals surface area contributed by atoms with Crippen molar-refractivity contribution < 1.29 is 19.9 Å². The first-order chi connectivity index (χ1) is 7.47. The molecule has 2 atom stereocenters. The number of rotatable bonds is 4. The summed E-state index contributed by atoms with van der Waals surface area (Å²) >= 11 is 5.30. The van der Waals surface area contributed by atoms with E-state index < -0.39 is 22.8 Å². The first-order valence-electron chi connectivity index (χ1n) is 4.26. The Morgan fingerprint density at radius 3 is 2.69 bits per heavy atom. The quantitative estimate of drug-likeness (QED) is 0.253. The summed E-state index contributed by atoms with van der Waals surface area (Å²) in [6, 6.07) is 0.951. The van der Waals surface area contributed by atoms with Crippen LogP contribution < -0.4 is 4.73 Å². The number of aromatic nitrogens is 1. The van der Waals surface area contributed by atoms with Crippen LogP contribution in [-0.2, 0) is 0 Å². The lowest BCUT2D eigenvalue weighted by molar-refractivity contribution is -0.606. The zero-order valence-electron chi connectivity index (χ0n) is 7.99. The highest BCUT2D eigenvalue weighted by molar-refractivity contribution is 6.18. The summed E-state index contributed by atoms with van der Waals surface area (Å²) in [6.07, 6.45) is -1.18. The van der Waals surface area contributed by atoms with Crippen LogP contribution in [0.4, 0.5) is 5.69 Å². The van der Waals surface area contributed by atoms with Crippen LogP contribution in [-0.4, -0.2) is 27.1 Å². The number of hydrogen-bond donors (Lipinski definition) is 2. The van der Waals surface area contributed by atoms with Gasteiger partial charge < -0.3 is 15.4 Å². The molecule has 1 rings (SSSR count). The van der Waals surface area contributed by atoms with E-state index in [9.17, 15) is 25.5 Å². The number of aliphatic hydroxyl groups is 2. The number of alkyl halides is 1. The number of nitrogens with zero attached hydrogens (tertiary/aromatic N) is 2. The molecular formula is C8H9ClN2O5. The third-order valence-corrected chi connectivity index (χ3v) is 2.30. The molecule has 2 N–H and O–H groups in total. The lowest BCUT2D eigenvalue weighted by atomic mass is 10.1. The average molecular weight is 249 g/mol. The number of hydrogen-bond acceptors (Lipinski definition) is 5. The van der Waals surface area contributed by atoms with E-state index >= 15 is 0 Å². The summed E-state index contributed by atoms with van der Waals surface area (Å²) in [5.41, 5.74) is -0.709. The standard InChI is InChI=1S/C8H9ClN2O5/c9-3-7(12)8(13)5-4-10(14)2-1-6(5)11(15)16/h1-2,4,7-8,12-13H,3H2. The highest BCUT2D eigenvalue weighted by atomic mass is 35.5. The largest absolute Gasteiger partial charge is 0.619 e. The second kappa shape index (κ2) is 5.06. The van der Waals surface area contributed by atoms with Crippen LogP contribution in [0.3, 0.4) is 0 Å². The second-order valence-corrected chi connectivity index (χ2v) is 3.38. The van der Waals surface area contributed by atoms with Crippen LogP contribution in [0.15, 0.2) is 18.5 Å². The Morgan fingerprint density at radius 1 is 1.56 bits per heavy atom. The minimum absolute atomic E-state index is 0.268. The van der Waals surface area contributed by atoms with Crippen LogP contribution in [0.2, 0.25) is 0 Å². The minimum Gasteiger partial charge on any atom is -0.619 e. The van der Waals surface area contributed by atoms with Crippen molar-refractivity contribution in [2.24, 2.45) is 0 Å². The maximum atomic E-state index is 10.9. The lowest BCUT2D eigenvalue weighted by Crippen LogP contribution is -2.29. The number of nitro groups is 1. The number of aliphatic hydroxyl groups excluding tert-OH is 2. The predicted molar refractivity (Wildman–Crippen MR) is 53.7 cm³/mol. The third kappa shape index (κ3) is 2.57. The molecule has 0 saturated heterocycles. The van der Waals surface area contributed by atoms with Gasteiger partial charge in [-0.15, -0.1) is 11.6 Å². The molecule has 0 aliphatic rings. The van der Waals surface area contributed by atoms with Crippen LogP contribution in [0, 0.1) is 15.3 Å². The van der Waals surface area contributed by atoms with E-state index in [4.69, 9.17) is 11.6 Å². The molecular weight excluding hydrogens is 240 g/mol. The molecule has 0 amide bonds. The SMILES string of the molecule is O=[N+]([O-])c1cc[n+]([O-])cc1C(O)C(O)CCl. The number of pyridine rings is 1. The van der Waals surface area contributed by atoms with Crippen molar-refractivity contribution in [3.63, 3.8) is 0 Å². The molecule has 16 heavy (non-hydrogen) atoms. The molecule has 0 saturated carbocycles. The summed E-state index contributed by atoms with van der Waals surface area (Å²) in [5, 5.41) is 40.4. The Morgan fingerprint density at radius 2 is 2.19 bits per heavy atom. The molecule has 0 aliphatic heterocycles.